The van der Waals surface area contributed by atoms with Crippen molar-refractivity contribution in [2.45, 2.75) is 200 Å². The first-order chi connectivity index (χ1) is 25.2. The van der Waals surface area contributed by atoms with Gasteiger partial charge in [0.1, 0.15) is 6.10 Å². The Labute approximate surface area is 324 Å². The maximum Gasteiger partial charge on any atom is 0.100 e. The molecule has 0 spiro atoms. The molecule has 0 aromatic carbocycles. The van der Waals surface area contributed by atoms with Crippen LogP contribution in [0.25, 0.3) is 0 Å². The first kappa shape index (κ1) is 67.4. The molecule has 0 saturated carbocycles. The van der Waals surface area contributed by atoms with Gasteiger partial charge in [0.05, 0.1) is 13.2 Å². The molecule has 0 aromatic heterocycles. The van der Waals surface area contributed by atoms with Crippen molar-refractivity contribution in [2.24, 2.45) is 0 Å². The Morgan fingerprint density at radius 3 is 0.608 bits per heavy atom. The molecule has 0 aliphatic heterocycles. The second-order valence-corrected chi connectivity index (χ2v) is 11.8. The van der Waals surface area contributed by atoms with Crippen LogP contribution < -0.4 is 0 Å². The van der Waals surface area contributed by atoms with Crippen molar-refractivity contribution in [1.29, 1.82) is 0 Å². The summed E-state index contributed by atoms with van der Waals surface area (Å²) in [5, 5.41) is 24.0. The molecule has 0 unspecified atom stereocenters. The SMILES string of the molecule is C=C.C=C.C=C.C=C.C=C.C=C.CCCCCCCCCCCCCCCCOCCCCCCCCCCCCCCCC.OCC(O)CO. The average molecular weight is 727 g/mol. The Hall–Kier alpha value is -1.72. The van der Waals surface area contributed by atoms with E-state index in [1.54, 1.807) is 0 Å². The molecule has 4 heteroatoms. The Balaban J connectivity index is -0.000000144. The van der Waals surface area contributed by atoms with Crippen LogP contribution in [-0.4, -0.2) is 47.9 Å². The van der Waals surface area contributed by atoms with Crippen LogP contribution in [-0.2, 0) is 4.74 Å². The van der Waals surface area contributed by atoms with Crippen molar-refractivity contribution in [1.82, 2.24) is 0 Å². The van der Waals surface area contributed by atoms with Crippen LogP contribution in [0.1, 0.15) is 194 Å². The zero-order valence-electron chi connectivity index (χ0n) is 35.4. The van der Waals surface area contributed by atoms with E-state index in [4.69, 9.17) is 20.1 Å². The fraction of sp³-hybridized carbons (Fsp3) is 0.745. The maximum absolute atomic E-state index is 8.17. The molecular weight excluding hydrogens is 629 g/mol. The fourth-order valence-corrected chi connectivity index (χ4v) is 4.96. The highest BCUT2D eigenvalue weighted by molar-refractivity contribution is 4.51. The second-order valence-electron chi connectivity index (χ2n) is 11.8. The molecule has 0 fully saturated rings. The second kappa shape index (κ2) is 91.8. The minimum Gasteiger partial charge on any atom is -0.394 e. The Kier molecular flexibility index (Phi) is 121. The molecule has 0 atom stereocenters. The highest BCUT2D eigenvalue weighted by Gasteiger charge is 1.97. The van der Waals surface area contributed by atoms with Gasteiger partial charge in [0.15, 0.2) is 0 Å². The van der Waals surface area contributed by atoms with Gasteiger partial charge in [-0.25, -0.2) is 0 Å². The van der Waals surface area contributed by atoms with E-state index in [9.17, 15) is 0 Å². The molecule has 310 valence electrons. The third-order valence-corrected chi connectivity index (χ3v) is 7.71. The monoisotopic (exact) mass is 727 g/mol. The van der Waals surface area contributed by atoms with E-state index in [1.807, 2.05) is 0 Å². The number of aliphatic hydroxyl groups excluding tert-OH is 3. The van der Waals surface area contributed by atoms with E-state index in [0.717, 1.165) is 13.2 Å². The molecule has 0 saturated heterocycles. The van der Waals surface area contributed by atoms with Crippen LogP contribution in [0.4, 0.5) is 0 Å². The standard InChI is InChI=1S/C32H66O.C3H8O3.6C2H4/c1-3-5-7-9-11-13-15-17-19-21-23-25-27-29-31-33-32-30-28-26-24-22-20-18-16-14-12-10-8-6-4-2;4-1-3(6)2-5;6*1-2/h3-32H2,1-2H3;3-6H,1-2H2;6*1-2H2. The third kappa shape index (κ3) is 99.2. The lowest BCUT2D eigenvalue weighted by atomic mass is 10.0. The van der Waals surface area contributed by atoms with Gasteiger partial charge < -0.3 is 20.1 Å². The molecule has 0 rings (SSSR count). The summed E-state index contributed by atoms with van der Waals surface area (Å²) in [6.07, 6.45) is 39.1. The minimum absolute atomic E-state index is 0.365. The lowest BCUT2D eigenvalue weighted by Gasteiger charge is -2.05. The summed E-state index contributed by atoms with van der Waals surface area (Å²) in [4.78, 5) is 0. The first-order valence-electron chi connectivity index (χ1n) is 20.7. The van der Waals surface area contributed by atoms with Gasteiger partial charge in [-0.3, -0.25) is 0 Å². The molecule has 0 aromatic rings. The molecule has 0 heterocycles. The summed E-state index contributed by atoms with van der Waals surface area (Å²) in [6.45, 7) is 41.9. The zero-order valence-corrected chi connectivity index (χ0v) is 35.4. The maximum atomic E-state index is 8.17. The van der Waals surface area contributed by atoms with Crippen LogP contribution in [0.5, 0.6) is 0 Å². The number of ether oxygens (including phenoxy) is 1. The van der Waals surface area contributed by atoms with Crippen molar-refractivity contribution in [2.75, 3.05) is 26.4 Å². The summed E-state index contributed by atoms with van der Waals surface area (Å²) in [6, 6.07) is 0. The van der Waals surface area contributed by atoms with Gasteiger partial charge in [0.2, 0.25) is 0 Å². The van der Waals surface area contributed by atoms with E-state index in [-0.39, 0.29) is 13.2 Å². The van der Waals surface area contributed by atoms with Gasteiger partial charge in [-0.15, -0.1) is 78.9 Å². The largest absolute Gasteiger partial charge is 0.394 e. The molecule has 0 aliphatic carbocycles. The predicted molar refractivity (Wildman–Crippen MR) is 239 cm³/mol. The number of aliphatic hydroxyl groups is 3. The van der Waals surface area contributed by atoms with E-state index < -0.39 is 6.10 Å². The van der Waals surface area contributed by atoms with Crippen LogP contribution in [0.15, 0.2) is 78.9 Å². The van der Waals surface area contributed by atoms with Crippen LogP contribution in [0.2, 0.25) is 0 Å². The summed E-state index contributed by atoms with van der Waals surface area (Å²) >= 11 is 0. The highest BCUT2D eigenvalue weighted by Crippen LogP contribution is 2.14. The van der Waals surface area contributed by atoms with E-state index in [1.165, 1.54) is 180 Å². The third-order valence-electron chi connectivity index (χ3n) is 7.71. The molecule has 0 amide bonds. The van der Waals surface area contributed by atoms with Gasteiger partial charge in [-0.2, -0.15) is 0 Å². The van der Waals surface area contributed by atoms with Gasteiger partial charge >= 0.3 is 0 Å². The fourth-order valence-electron chi connectivity index (χ4n) is 4.96. The highest BCUT2D eigenvalue weighted by atomic mass is 16.5. The quantitative estimate of drug-likeness (QED) is 0.0477. The predicted octanol–water partition coefficient (Wildman–Crippen LogP) is 15.1. The number of hydrogen-bond acceptors (Lipinski definition) is 4. The topological polar surface area (TPSA) is 69.9 Å². The van der Waals surface area contributed by atoms with Crippen molar-refractivity contribution >= 4 is 0 Å². The molecule has 3 N–H and O–H groups in total. The Bertz CT molecular complexity index is 424. The summed E-state index contributed by atoms with van der Waals surface area (Å²) < 4.78 is 5.85. The van der Waals surface area contributed by atoms with E-state index >= 15 is 0 Å². The van der Waals surface area contributed by atoms with Gasteiger partial charge in [0, 0.05) is 13.2 Å². The van der Waals surface area contributed by atoms with Crippen molar-refractivity contribution < 1.29 is 20.1 Å². The van der Waals surface area contributed by atoms with Crippen LogP contribution in [0, 0.1) is 0 Å². The summed E-state index contributed by atoms with van der Waals surface area (Å²) in [5.41, 5.74) is 0. The molecule has 4 nitrogen and oxygen atoms in total. The molecule has 51 heavy (non-hydrogen) atoms. The number of unbranched alkanes of at least 4 members (excludes halogenated alkanes) is 26. The zero-order chi connectivity index (χ0) is 40.9. The smallest absolute Gasteiger partial charge is 0.100 e. The van der Waals surface area contributed by atoms with Crippen LogP contribution in [0.3, 0.4) is 0 Å². The molecule has 0 aliphatic rings. The van der Waals surface area contributed by atoms with Gasteiger partial charge in [0.25, 0.3) is 0 Å². The first-order valence-corrected chi connectivity index (χ1v) is 20.7. The number of rotatable bonds is 32. The van der Waals surface area contributed by atoms with E-state index in [2.05, 4.69) is 92.8 Å². The van der Waals surface area contributed by atoms with Crippen LogP contribution >= 0.6 is 0 Å². The normalized spacial score (nSPS) is 9.06. The van der Waals surface area contributed by atoms with E-state index in [0.29, 0.717) is 0 Å². The average Bonchev–Trinajstić information content (AvgIpc) is 3.21. The molecule has 0 radical (unpaired) electrons. The van der Waals surface area contributed by atoms with Gasteiger partial charge in [-0.1, -0.05) is 181 Å². The Morgan fingerprint density at radius 2 is 0.471 bits per heavy atom. The van der Waals surface area contributed by atoms with Gasteiger partial charge in [-0.05, 0) is 12.8 Å². The Morgan fingerprint density at radius 1 is 0.314 bits per heavy atom. The summed E-state index contributed by atoms with van der Waals surface area (Å²) in [7, 11) is 0. The lowest BCUT2D eigenvalue weighted by Crippen LogP contribution is -2.15. The lowest BCUT2D eigenvalue weighted by molar-refractivity contribution is 0.0450. The van der Waals surface area contributed by atoms with Crippen molar-refractivity contribution in [3.8, 4) is 0 Å². The molecular formula is C47H98O4. The minimum atomic E-state index is -0.954. The molecule has 0 bridgehead atoms. The van der Waals surface area contributed by atoms with Crippen molar-refractivity contribution in [3.05, 3.63) is 78.9 Å². The number of hydrogen-bond donors (Lipinski definition) is 3. The summed E-state index contributed by atoms with van der Waals surface area (Å²) in [5.74, 6) is 0. The van der Waals surface area contributed by atoms with Crippen molar-refractivity contribution in [3.63, 3.8) is 0 Å².